The number of nitrogens with one attached hydrogen (secondary N) is 1. The number of hydrogen-bond donors (Lipinski definition) is 1. The van der Waals surface area contributed by atoms with Crippen molar-refractivity contribution in [3.05, 3.63) is 24.3 Å². The van der Waals surface area contributed by atoms with Gasteiger partial charge in [-0.15, -0.1) is 0 Å². The lowest BCUT2D eigenvalue weighted by Gasteiger charge is -2.43. The van der Waals surface area contributed by atoms with E-state index in [1.54, 1.807) is 0 Å². The molecule has 0 aromatic heterocycles. The second kappa shape index (κ2) is 6.79. The van der Waals surface area contributed by atoms with Crippen LogP contribution in [-0.2, 0) is 4.79 Å². The zero-order valence-corrected chi connectivity index (χ0v) is 14.0. The minimum absolute atomic E-state index is 0.0708. The van der Waals surface area contributed by atoms with E-state index in [9.17, 15) is 4.79 Å². The molecule has 3 rings (SSSR count). The molecule has 1 aromatic rings. The molecule has 0 bridgehead atoms. The minimum atomic E-state index is -0.576. The van der Waals surface area contributed by atoms with Crippen LogP contribution in [0.3, 0.4) is 0 Å². The van der Waals surface area contributed by atoms with Crippen LogP contribution >= 0.6 is 0 Å². The molecule has 1 amide bonds. The van der Waals surface area contributed by atoms with Crippen molar-refractivity contribution in [2.24, 2.45) is 0 Å². The van der Waals surface area contributed by atoms with Crippen LogP contribution in [0.5, 0.6) is 11.5 Å². The first-order valence-corrected chi connectivity index (χ1v) is 8.44. The summed E-state index contributed by atoms with van der Waals surface area (Å²) in [6.07, 6.45) is 5.43. The summed E-state index contributed by atoms with van der Waals surface area (Å²) >= 11 is 0. The molecule has 0 radical (unpaired) electrons. The number of para-hydroxylation sites is 2. The molecule has 1 aliphatic heterocycles. The van der Waals surface area contributed by atoms with Gasteiger partial charge in [0.15, 0.2) is 11.5 Å². The second-order valence-corrected chi connectivity index (χ2v) is 6.76. The summed E-state index contributed by atoms with van der Waals surface area (Å²) in [4.78, 5) is 14.7. The number of rotatable bonds is 4. The number of carbonyl (C=O) groups is 1. The van der Waals surface area contributed by atoms with Crippen molar-refractivity contribution in [1.82, 2.24) is 10.2 Å². The van der Waals surface area contributed by atoms with Gasteiger partial charge in [-0.3, -0.25) is 4.79 Å². The molecule has 1 heterocycles. The van der Waals surface area contributed by atoms with Gasteiger partial charge < -0.3 is 19.7 Å². The van der Waals surface area contributed by atoms with Crippen LogP contribution in [-0.4, -0.2) is 49.7 Å². The fourth-order valence-corrected chi connectivity index (χ4v) is 3.51. The lowest BCUT2D eigenvalue weighted by Crippen LogP contribution is -2.56. The number of hydrogen-bond acceptors (Lipinski definition) is 4. The normalized spacial score (nSPS) is 22.7. The molecule has 1 saturated carbocycles. The number of carbonyl (C=O) groups excluding carboxylic acids is 1. The van der Waals surface area contributed by atoms with Crippen molar-refractivity contribution in [2.45, 2.75) is 43.7 Å². The first kappa shape index (κ1) is 16.1. The maximum Gasteiger partial charge on any atom is 0.264 e. The number of likely N-dealkylation sites (N-methyl/N-ethyl adjacent to an activating group) is 1. The maximum atomic E-state index is 12.5. The van der Waals surface area contributed by atoms with E-state index >= 15 is 0 Å². The predicted molar refractivity (Wildman–Crippen MR) is 88.9 cm³/mol. The number of amides is 1. The number of nitrogens with zero attached hydrogens (tertiary/aromatic N) is 1. The molecule has 5 nitrogen and oxygen atoms in total. The highest BCUT2D eigenvalue weighted by Crippen LogP contribution is 2.32. The highest BCUT2D eigenvalue weighted by atomic mass is 16.6. The predicted octanol–water partition coefficient (Wildman–Crippen LogP) is 2.21. The summed E-state index contributed by atoms with van der Waals surface area (Å²) < 4.78 is 11.4. The van der Waals surface area contributed by atoms with E-state index in [0.29, 0.717) is 18.0 Å². The van der Waals surface area contributed by atoms with E-state index < -0.39 is 6.10 Å². The summed E-state index contributed by atoms with van der Waals surface area (Å²) in [6, 6.07) is 7.46. The maximum absolute atomic E-state index is 12.5. The van der Waals surface area contributed by atoms with Gasteiger partial charge in [0.05, 0.1) is 0 Å². The van der Waals surface area contributed by atoms with E-state index in [-0.39, 0.29) is 18.1 Å². The molecule has 126 valence electrons. The first-order valence-electron chi connectivity index (χ1n) is 8.44. The van der Waals surface area contributed by atoms with Crippen LogP contribution < -0.4 is 14.8 Å². The van der Waals surface area contributed by atoms with E-state index in [4.69, 9.17) is 9.47 Å². The molecule has 1 fully saturated rings. The quantitative estimate of drug-likeness (QED) is 0.925. The molecule has 1 unspecified atom stereocenters. The fourth-order valence-electron chi connectivity index (χ4n) is 3.51. The average molecular weight is 318 g/mol. The Morgan fingerprint density at radius 3 is 2.61 bits per heavy atom. The van der Waals surface area contributed by atoms with Crippen LogP contribution in [0.1, 0.15) is 32.1 Å². The van der Waals surface area contributed by atoms with Crippen LogP contribution in [0.25, 0.3) is 0 Å². The molecule has 1 atom stereocenters. The average Bonchev–Trinajstić information content (AvgIpc) is 2.60. The third kappa shape index (κ3) is 3.44. The van der Waals surface area contributed by atoms with Gasteiger partial charge in [0.25, 0.3) is 5.91 Å². The highest BCUT2D eigenvalue weighted by Gasteiger charge is 2.36. The molecule has 2 aliphatic rings. The zero-order valence-electron chi connectivity index (χ0n) is 14.0. The molecule has 1 aromatic carbocycles. The van der Waals surface area contributed by atoms with Crippen molar-refractivity contribution < 1.29 is 14.3 Å². The Balaban J connectivity index is 1.59. The third-order valence-corrected chi connectivity index (χ3v) is 5.13. The summed E-state index contributed by atoms with van der Waals surface area (Å²) in [6.45, 7) is 0.929. The van der Waals surface area contributed by atoms with Crippen molar-refractivity contribution >= 4 is 5.91 Å². The van der Waals surface area contributed by atoms with Gasteiger partial charge >= 0.3 is 0 Å². The summed E-state index contributed by atoms with van der Waals surface area (Å²) in [5.74, 6) is 1.25. The van der Waals surface area contributed by atoms with Crippen LogP contribution in [0, 0.1) is 0 Å². The number of benzene rings is 1. The van der Waals surface area contributed by atoms with Gasteiger partial charge in [0, 0.05) is 12.1 Å². The minimum Gasteiger partial charge on any atom is -0.485 e. The number of ether oxygens (including phenoxy) is 2. The van der Waals surface area contributed by atoms with E-state index in [0.717, 1.165) is 12.8 Å². The van der Waals surface area contributed by atoms with Crippen LogP contribution in [0.2, 0.25) is 0 Å². The summed E-state index contributed by atoms with van der Waals surface area (Å²) in [5, 5.41) is 3.09. The molecular weight excluding hydrogens is 292 g/mol. The highest BCUT2D eigenvalue weighted by molar-refractivity contribution is 5.81. The number of fused-ring (bicyclic) bond motifs is 1. The lowest BCUT2D eigenvalue weighted by molar-refractivity contribution is -0.131. The van der Waals surface area contributed by atoms with Gasteiger partial charge in [-0.05, 0) is 39.1 Å². The van der Waals surface area contributed by atoms with E-state index in [2.05, 4.69) is 24.3 Å². The fraction of sp³-hybridized carbons (Fsp3) is 0.611. The van der Waals surface area contributed by atoms with Crippen molar-refractivity contribution in [1.29, 1.82) is 0 Å². The first-order chi connectivity index (χ1) is 11.1. The molecule has 5 heteroatoms. The molecule has 0 spiro atoms. The van der Waals surface area contributed by atoms with Crippen LogP contribution in [0.4, 0.5) is 0 Å². The Hall–Kier alpha value is -1.75. The Morgan fingerprint density at radius 2 is 1.91 bits per heavy atom. The molecule has 0 saturated heterocycles. The van der Waals surface area contributed by atoms with Crippen molar-refractivity contribution in [3.63, 3.8) is 0 Å². The molecule has 1 N–H and O–H groups in total. The Labute approximate surface area is 137 Å². The van der Waals surface area contributed by atoms with Crippen molar-refractivity contribution in [3.8, 4) is 11.5 Å². The van der Waals surface area contributed by atoms with Gasteiger partial charge in [-0.1, -0.05) is 31.4 Å². The smallest absolute Gasteiger partial charge is 0.264 e. The van der Waals surface area contributed by atoms with Gasteiger partial charge in [-0.2, -0.15) is 0 Å². The summed E-state index contributed by atoms with van der Waals surface area (Å²) in [5.41, 5.74) is 0.0708. The topological polar surface area (TPSA) is 50.8 Å². The van der Waals surface area contributed by atoms with Crippen molar-refractivity contribution in [2.75, 3.05) is 27.2 Å². The van der Waals surface area contributed by atoms with E-state index in [1.165, 1.54) is 19.3 Å². The lowest BCUT2D eigenvalue weighted by atomic mass is 9.80. The monoisotopic (exact) mass is 318 g/mol. The Kier molecular flexibility index (Phi) is 4.76. The molecular formula is C18H26N2O3. The Bertz CT molecular complexity index is 553. The van der Waals surface area contributed by atoms with Gasteiger partial charge in [0.1, 0.15) is 6.61 Å². The van der Waals surface area contributed by atoms with E-state index in [1.807, 2.05) is 24.3 Å². The van der Waals surface area contributed by atoms with Gasteiger partial charge in [0.2, 0.25) is 6.10 Å². The zero-order chi connectivity index (χ0) is 16.3. The second-order valence-electron chi connectivity index (χ2n) is 6.76. The third-order valence-electron chi connectivity index (χ3n) is 5.13. The van der Waals surface area contributed by atoms with Gasteiger partial charge in [-0.25, -0.2) is 0 Å². The standard InChI is InChI=1S/C18H26N2O3/c1-20(2)18(10-6-3-7-11-18)13-19-17(21)16-12-22-14-8-4-5-9-15(14)23-16/h4-5,8-9,16H,3,6-7,10-13H2,1-2H3,(H,19,21). The Morgan fingerprint density at radius 1 is 1.22 bits per heavy atom. The molecule has 1 aliphatic carbocycles. The van der Waals surface area contributed by atoms with Crippen LogP contribution in [0.15, 0.2) is 24.3 Å². The summed E-state index contributed by atoms with van der Waals surface area (Å²) in [7, 11) is 4.21. The SMILES string of the molecule is CN(C)C1(CNC(=O)C2COc3ccccc3O2)CCCCC1. The largest absolute Gasteiger partial charge is 0.485 e. The molecule has 23 heavy (non-hydrogen) atoms.